The van der Waals surface area contributed by atoms with E-state index in [4.69, 9.17) is 4.74 Å². The van der Waals surface area contributed by atoms with Gasteiger partial charge in [-0.1, -0.05) is 30.3 Å². The molecule has 6 heteroatoms. The number of rotatable bonds is 5. The molecule has 2 heterocycles. The number of hydrogen-bond donors (Lipinski definition) is 1. The van der Waals surface area contributed by atoms with E-state index in [9.17, 15) is 4.79 Å². The molecule has 0 radical (unpaired) electrons. The Labute approximate surface area is 133 Å². The van der Waals surface area contributed by atoms with E-state index in [1.54, 1.807) is 35.4 Å². The lowest BCUT2D eigenvalue weighted by Crippen LogP contribution is -2.15. The summed E-state index contributed by atoms with van der Waals surface area (Å²) in [5.74, 6) is 1.60. The fourth-order valence-corrected chi connectivity index (χ4v) is 2.07. The van der Waals surface area contributed by atoms with Crippen LogP contribution in [0, 0.1) is 0 Å². The van der Waals surface area contributed by atoms with Crippen LogP contribution in [0.2, 0.25) is 0 Å². The number of carbonyl (C=O) groups is 1. The highest BCUT2D eigenvalue weighted by atomic mass is 16.5. The molecule has 0 atom stereocenters. The van der Waals surface area contributed by atoms with E-state index in [0.29, 0.717) is 23.7 Å². The fourth-order valence-electron chi connectivity index (χ4n) is 2.07. The molecule has 6 nitrogen and oxygen atoms in total. The summed E-state index contributed by atoms with van der Waals surface area (Å²) in [4.78, 5) is 16.1. The van der Waals surface area contributed by atoms with Crippen molar-refractivity contribution in [2.45, 2.75) is 6.42 Å². The van der Waals surface area contributed by atoms with Crippen molar-refractivity contribution in [1.82, 2.24) is 14.8 Å². The molecule has 0 bridgehead atoms. The summed E-state index contributed by atoms with van der Waals surface area (Å²) >= 11 is 0. The molecule has 0 saturated carbocycles. The highest BCUT2D eigenvalue weighted by Crippen LogP contribution is 2.20. The lowest BCUT2D eigenvalue weighted by molar-refractivity contribution is -0.115. The van der Waals surface area contributed by atoms with Crippen molar-refractivity contribution in [3.8, 4) is 11.5 Å². The highest BCUT2D eigenvalue weighted by molar-refractivity contribution is 5.91. The molecule has 1 aromatic carbocycles. The second-order valence-electron chi connectivity index (χ2n) is 5.04. The summed E-state index contributed by atoms with van der Waals surface area (Å²) in [5, 5.41) is 6.79. The maximum absolute atomic E-state index is 12.0. The minimum Gasteiger partial charge on any atom is -0.452 e. The zero-order valence-electron chi connectivity index (χ0n) is 12.6. The minimum absolute atomic E-state index is 0.107. The third kappa shape index (κ3) is 4.16. The zero-order valence-corrected chi connectivity index (χ0v) is 12.6. The van der Waals surface area contributed by atoms with E-state index in [1.807, 2.05) is 37.4 Å². The molecule has 0 aliphatic rings. The molecule has 23 heavy (non-hydrogen) atoms. The topological polar surface area (TPSA) is 69.0 Å². The molecule has 0 spiro atoms. The van der Waals surface area contributed by atoms with Crippen LogP contribution in [0.4, 0.5) is 5.82 Å². The van der Waals surface area contributed by atoms with Gasteiger partial charge in [0.2, 0.25) is 5.91 Å². The van der Waals surface area contributed by atoms with Gasteiger partial charge in [-0.15, -0.1) is 0 Å². The number of hydrogen-bond acceptors (Lipinski definition) is 4. The summed E-state index contributed by atoms with van der Waals surface area (Å²) in [6, 6.07) is 13.0. The minimum atomic E-state index is -0.107. The van der Waals surface area contributed by atoms with Crippen LogP contribution in [0.5, 0.6) is 11.5 Å². The van der Waals surface area contributed by atoms with Gasteiger partial charge in [-0.05, 0) is 17.7 Å². The van der Waals surface area contributed by atoms with E-state index in [-0.39, 0.29) is 5.91 Å². The van der Waals surface area contributed by atoms with E-state index >= 15 is 0 Å². The maximum Gasteiger partial charge on any atom is 0.229 e. The quantitative estimate of drug-likeness (QED) is 0.787. The van der Waals surface area contributed by atoms with Crippen LogP contribution in [0.25, 0.3) is 0 Å². The van der Waals surface area contributed by atoms with Gasteiger partial charge in [0.1, 0.15) is 11.6 Å². The van der Waals surface area contributed by atoms with Crippen LogP contribution in [-0.4, -0.2) is 20.7 Å². The number of aryl methyl sites for hydroxylation is 1. The Morgan fingerprint density at radius 2 is 1.96 bits per heavy atom. The van der Waals surface area contributed by atoms with Gasteiger partial charge in [-0.25, -0.2) is 4.98 Å². The lowest BCUT2D eigenvalue weighted by Gasteiger charge is -2.06. The predicted molar refractivity (Wildman–Crippen MR) is 86.3 cm³/mol. The Morgan fingerprint density at radius 1 is 1.13 bits per heavy atom. The van der Waals surface area contributed by atoms with Crippen LogP contribution in [0.15, 0.2) is 61.1 Å². The molecule has 3 aromatic rings. The zero-order chi connectivity index (χ0) is 16.1. The summed E-state index contributed by atoms with van der Waals surface area (Å²) in [6.45, 7) is 0. The average molecular weight is 308 g/mol. The van der Waals surface area contributed by atoms with Gasteiger partial charge in [0.25, 0.3) is 0 Å². The molecule has 0 fully saturated rings. The number of pyridine rings is 1. The molecule has 0 aliphatic heterocycles. The Morgan fingerprint density at radius 3 is 2.61 bits per heavy atom. The van der Waals surface area contributed by atoms with Crippen LogP contribution in [0.1, 0.15) is 5.56 Å². The molecule has 1 amide bonds. The summed E-state index contributed by atoms with van der Waals surface area (Å²) in [6.07, 6.45) is 5.26. The first-order chi connectivity index (χ1) is 11.2. The first-order valence-electron chi connectivity index (χ1n) is 7.15. The first kappa shape index (κ1) is 14.8. The van der Waals surface area contributed by atoms with Crippen molar-refractivity contribution in [2.24, 2.45) is 7.05 Å². The van der Waals surface area contributed by atoms with Gasteiger partial charge in [0.05, 0.1) is 25.0 Å². The number of aromatic nitrogens is 3. The molecule has 0 saturated heterocycles. The standard InChI is InChI=1S/C17H16N4O2/c1-21-12-15(11-19-21)23-14-7-8-16(18-10-14)20-17(22)9-13-5-3-2-4-6-13/h2-8,10-12H,9H2,1H3,(H,18,20,22). The number of amides is 1. The highest BCUT2D eigenvalue weighted by Gasteiger charge is 2.06. The van der Waals surface area contributed by atoms with Gasteiger partial charge in [-0.3, -0.25) is 9.48 Å². The van der Waals surface area contributed by atoms with Crippen molar-refractivity contribution in [3.05, 3.63) is 66.6 Å². The summed E-state index contributed by atoms with van der Waals surface area (Å²) in [5.41, 5.74) is 0.960. The summed E-state index contributed by atoms with van der Waals surface area (Å²) < 4.78 is 7.25. The molecule has 1 N–H and O–H groups in total. The molecule has 0 unspecified atom stereocenters. The van der Waals surface area contributed by atoms with Crippen molar-refractivity contribution < 1.29 is 9.53 Å². The Bertz CT molecular complexity index is 782. The van der Waals surface area contributed by atoms with Gasteiger partial charge in [-0.2, -0.15) is 5.10 Å². The van der Waals surface area contributed by atoms with Crippen molar-refractivity contribution in [1.29, 1.82) is 0 Å². The van der Waals surface area contributed by atoms with E-state index in [1.165, 1.54) is 0 Å². The molecule has 116 valence electrons. The number of anilines is 1. The third-order valence-corrected chi connectivity index (χ3v) is 3.13. The third-order valence-electron chi connectivity index (χ3n) is 3.13. The van der Waals surface area contributed by atoms with Gasteiger partial charge < -0.3 is 10.1 Å². The SMILES string of the molecule is Cn1cc(Oc2ccc(NC(=O)Cc3ccccc3)nc2)cn1. The van der Waals surface area contributed by atoms with Crippen LogP contribution in [0.3, 0.4) is 0 Å². The largest absolute Gasteiger partial charge is 0.452 e. The molecular formula is C17H16N4O2. The smallest absolute Gasteiger partial charge is 0.229 e. The van der Waals surface area contributed by atoms with Crippen molar-refractivity contribution >= 4 is 11.7 Å². The number of benzene rings is 1. The maximum atomic E-state index is 12.0. The number of nitrogens with one attached hydrogen (secondary N) is 1. The molecule has 2 aromatic heterocycles. The number of nitrogens with zero attached hydrogens (tertiary/aromatic N) is 3. The second kappa shape index (κ2) is 6.74. The normalized spacial score (nSPS) is 10.3. The fraction of sp³-hybridized carbons (Fsp3) is 0.118. The van der Waals surface area contributed by atoms with Crippen molar-refractivity contribution in [2.75, 3.05) is 5.32 Å². The Kier molecular flexibility index (Phi) is 4.33. The molecule has 0 aliphatic carbocycles. The monoisotopic (exact) mass is 308 g/mol. The summed E-state index contributed by atoms with van der Waals surface area (Å²) in [7, 11) is 1.82. The predicted octanol–water partition coefficient (Wildman–Crippen LogP) is 2.79. The number of carbonyl (C=O) groups excluding carboxylic acids is 1. The second-order valence-corrected chi connectivity index (χ2v) is 5.04. The van der Waals surface area contributed by atoms with E-state index < -0.39 is 0 Å². The average Bonchev–Trinajstić information content (AvgIpc) is 2.95. The Balaban J connectivity index is 1.57. The molecule has 3 rings (SSSR count). The van der Waals surface area contributed by atoms with Crippen LogP contribution < -0.4 is 10.1 Å². The van der Waals surface area contributed by atoms with Gasteiger partial charge in [0.15, 0.2) is 5.75 Å². The first-order valence-corrected chi connectivity index (χ1v) is 7.15. The van der Waals surface area contributed by atoms with Crippen molar-refractivity contribution in [3.63, 3.8) is 0 Å². The number of ether oxygens (including phenoxy) is 1. The lowest BCUT2D eigenvalue weighted by atomic mass is 10.1. The van der Waals surface area contributed by atoms with Crippen LogP contribution >= 0.6 is 0 Å². The Hall–Kier alpha value is -3.15. The molecular weight excluding hydrogens is 292 g/mol. The van der Waals surface area contributed by atoms with Gasteiger partial charge in [0, 0.05) is 7.05 Å². The van der Waals surface area contributed by atoms with E-state index in [2.05, 4.69) is 15.4 Å². The van der Waals surface area contributed by atoms with Crippen LogP contribution in [-0.2, 0) is 18.3 Å². The van der Waals surface area contributed by atoms with Gasteiger partial charge >= 0.3 is 0 Å². The van der Waals surface area contributed by atoms with E-state index in [0.717, 1.165) is 5.56 Å².